The fourth-order valence-corrected chi connectivity index (χ4v) is 1.21. The van der Waals surface area contributed by atoms with Gasteiger partial charge in [-0.1, -0.05) is 12.1 Å². The van der Waals surface area contributed by atoms with Crippen LogP contribution in [0, 0.1) is 0 Å². The molecule has 0 atom stereocenters. The number of hydrogen-bond acceptors (Lipinski definition) is 1. The lowest BCUT2D eigenvalue weighted by Crippen LogP contribution is -2.10. The van der Waals surface area contributed by atoms with Crippen molar-refractivity contribution in [3.05, 3.63) is 24.3 Å². The molecule has 1 aliphatic heterocycles. The maximum Gasteiger partial charge on any atom is 0.226 e. The molecule has 0 bridgehead atoms. The quantitative estimate of drug-likeness (QED) is 0.611. The van der Waals surface area contributed by atoms with Gasteiger partial charge in [0.05, 0.1) is 11.4 Å². The maximum atomic E-state index is 11.1. The van der Waals surface area contributed by atoms with Crippen molar-refractivity contribution in [1.82, 2.24) is 5.32 Å². The number of anilines is 1. The molecule has 1 heterocycles. The summed E-state index contributed by atoms with van der Waals surface area (Å²) < 4.78 is 0. The third-order valence-corrected chi connectivity index (χ3v) is 1.80. The lowest BCUT2D eigenvalue weighted by atomic mass is 10.3. The van der Waals surface area contributed by atoms with Crippen LogP contribution in [-0.4, -0.2) is 12.5 Å². The summed E-state index contributed by atoms with van der Waals surface area (Å²) in [6, 6.07) is 7.57. The van der Waals surface area contributed by atoms with E-state index in [4.69, 9.17) is 0 Å². The van der Waals surface area contributed by atoms with Gasteiger partial charge < -0.3 is 5.32 Å². The third-order valence-electron chi connectivity index (χ3n) is 1.80. The number of benzene rings is 1. The van der Waals surface area contributed by atoms with Crippen molar-refractivity contribution in [2.45, 2.75) is 6.42 Å². The molecule has 1 aliphatic rings. The highest BCUT2D eigenvalue weighted by atomic mass is 16.1. The molecule has 0 fully saturated rings. The molecule has 0 unspecified atom stereocenters. The Morgan fingerprint density at radius 2 is 2.17 bits per heavy atom. The molecule has 1 amide bonds. The summed E-state index contributed by atoms with van der Waals surface area (Å²) >= 11 is 0. The van der Waals surface area contributed by atoms with Crippen molar-refractivity contribution in [2.24, 2.45) is 0 Å². The Morgan fingerprint density at radius 1 is 1.33 bits per heavy atom. The summed E-state index contributed by atoms with van der Waals surface area (Å²) in [4.78, 5) is 11.1. The van der Waals surface area contributed by atoms with Crippen molar-refractivity contribution in [1.29, 1.82) is 0 Å². The average molecular weight is 161 g/mol. The topological polar surface area (TPSA) is 43.2 Å². The predicted molar refractivity (Wildman–Crippen MR) is 46.3 cm³/mol. The number of nitrogens with one attached hydrogen (secondary N) is 1. The highest BCUT2D eigenvalue weighted by Gasteiger charge is 2.11. The second-order valence-corrected chi connectivity index (χ2v) is 2.70. The first kappa shape index (κ1) is 7.16. The zero-order valence-corrected chi connectivity index (χ0v) is 6.58. The highest BCUT2D eigenvalue weighted by molar-refractivity contribution is 5.94. The molecule has 0 aliphatic carbocycles. The highest BCUT2D eigenvalue weighted by Crippen LogP contribution is 2.22. The van der Waals surface area contributed by atoms with Crippen LogP contribution in [0.1, 0.15) is 6.42 Å². The van der Waals surface area contributed by atoms with Gasteiger partial charge in [0, 0.05) is 13.0 Å². The van der Waals surface area contributed by atoms with E-state index < -0.39 is 0 Å². The Morgan fingerprint density at radius 3 is 3.08 bits per heavy atom. The lowest BCUT2D eigenvalue weighted by molar-refractivity contribution is -0.116. The predicted octanol–water partition coefficient (Wildman–Crippen LogP) is 1.26. The Balaban J connectivity index is 2.37. The van der Waals surface area contributed by atoms with Gasteiger partial charge in [0.2, 0.25) is 5.91 Å². The number of carbonyl (C=O) groups excluding carboxylic acids is 1. The average Bonchev–Trinajstić information content (AvgIpc) is 2.25. The summed E-state index contributed by atoms with van der Waals surface area (Å²) in [6.45, 7) is 0.586. The van der Waals surface area contributed by atoms with Crippen LogP contribution < -0.4 is 10.6 Å². The Hall–Kier alpha value is -1.51. The number of amides is 1. The van der Waals surface area contributed by atoms with Gasteiger partial charge in [-0.05, 0) is 12.1 Å². The number of rotatable bonds is 0. The molecule has 61 valence electrons. The monoisotopic (exact) mass is 161 g/mol. The van der Waals surface area contributed by atoms with E-state index in [2.05, 4.69) is 10.6 Å². The summed E-state index contributed by atoms with van der Waals surface area (Å²) in [5, 5.41) is 7.04. The van der Waals surface area contributed by atoms with Gasteiger partial charge >= 0.3 is 0 Å². The zero-order valence-electron chi connectivity index (χ0n) is 6.58. The van der Waals surface area contributed by atoms with Gasteiger partial charge in [-0.15, -0.1) is 0 Å². The van der Waals surface area contributed by atoms with Gasteiger partial charge in [0.25, 0.3) is 0 Å². The fraction of sp³-hybridized carbons (Fsp3) is 0.222. The van der Waals surface area contributed by atoms with Crippen LogP contribution in [-0.2, 0) is 4.79 Å². The standard InChI is InChI=1S/C9H9N2O/c12-9-5-6-10-7-3-1-2-4-8(7)11-9/h1-4H,5-6H2,(H,11,12). The number of nitrogens with zero attached hydrogens (tertiary/aromatic N) is 1. The molecule has 3 nitrogen and oxygen atoms in total. The molecule has 2 rings (SSSR count). The van der Waals surface area contributed by atoms with Crippen LogP contribution in [0.15, 0.2) is 24.3 Å². The van der Waals surface area contributed by atoms with E-state index in [1.54, 1.807) is 0 Å². The van der Waals surface area contributed by atoms with Gasteiger partial charge in [-0.2, -0.15) is 0 Å². The van der Waals surface area contributed by atoms with E-state index in [-0.39, 0.29) is 5.91 Å². The van der Waals surface area contributed by atoms with E-state index in [1.165, 1.54) is 0 Å². The molecule has 1 N–H and O–H groups in total. The van der Waals surface area contributed by atoms with E-state index >= 15 is 0 Å². The number of hydrogen-bond donors (Lipinski definition) is 1. The first-order chi connectivity index (χ1) is 5.86. The minimum Gasteiger partial charge on any atom is -0.324 e. The van der Waals surface area contributed by atoms with Crippen molar-refractivity contribution in [2.75, 3.05) is 11.9 Å². The molecule has 0 aromatic heterocycles. The first-order valence-corrected chi connectivity index (χ1v) is 3.92. The second-order valence-electron chi connectivity index (χ2n) is 2.70. The second kappa shape index (κ2) is 2.85. The maximum absolute atomic E-state index is 11.1. The summed E-state index contributed by atoms with van der Waals surface area (Å²) in [5.74, 6) is 0.0451. The van der Waals surface area contributed by atoms with Crippen LogP contribution in [0.5, 0.6) is 0 Å². The van der Waals surface area contributed by atoms with Gasteiger partial charge in [-0.3, -0.25) is 10.1 Å². The van der Waals surface area contributed by atoms with Crippen molar-refractivity contribution in [3.63, 3.8) is 0 Å². The lowest BCUT2D eigenvalue weighted by Gasteiger charge is -2.03. The normalized spacial score (nSPS) is 15.5. The number of carbonyl (C=O) groups is 1. The number of para-hydroxylation sites is 2. The Bertz CT molecular complexity index is 309. The van der Waals surface area contributed by atoms with Crippen molar-refractivity contribution < 1.29 is 4.79 Å². The first-order valence-electron chi connectivity index (χ1n) is 3.92. The van der Waals surface area contributed by atoms with E-state index in [0.29, 0.717) is 13.0 Å². The van der Waals surface area contributed by atoms with Gasteiger partial charge in [0.1, 0.15) is 0 Å². The number of fused-ring (bicyclic) bond motifs is 1. The van der Waals surface area contributed by atoms with E-state index in [1.807, 2.05) is 24.3 Å². The smallest absolute Gasteiger partial charge is 0.226 e. The molecule has 0 saturated carbocycles. The van der Waals surface area contributed by atoms with Crippen LogP contribution in [0.3, 0.4) is 0 Å². The Kier molecular flexibility index (Phi) is 1.70. The molecular formula is C9H9N2O. The third kappa shape index (κ3) is 1.25. The van der Waals surface area contributed by atoms with E-state index in [9.17, 15) is 4.79 Å². The summed E-state index contributed by atoms with van der Waals surface area (Å²) in [6.07, 6.45) is 0.481. The van der Waals surface area contributed by atoms with Crippen molar-refractivity contribution in [3.8, 4) is 0 Å². The molecular weight excluding hydrogens is 152 g/mol. The zero-order chi connectivity index (χ0) is 8.39. The largest absolute Gasteiger partial charge is 0.324 e. The fourth-order valence-electron chi connectivity index (χ4n) is 1.21. The molecule has 1 aromatic rings. The van der Waals surface area contributed by atoms with Crippen LogP contribution in [0.4, 0.5) is 11.4 Å². The molecule has 0 spiro atoms. The van der Waals surface area contributed by atoms with Crippen LogP contribution >= 0.6 is 0 Å². The minimum absolute atomic E-state index is 0.0451. The molecule has 0 saturated heterocycles. The summed E-state index contributed by atoms with van der Waals surface area (Å²) in [7, 11) is 0. The minimum atomic E-state index is 0.0451. The Labute approximate surface area is 70.8 Å². The van der Waals surface area contributed by atoms with Crippen LogP contribution in [0.2, 0.25) is 0 Å². The van der Waals surface area contributed by atoms with Crippen LogP contribution in [0.25, 0.3) is 0 Å². The van der Waals surface area contributed by atoms with Crippen molar-refractivity contribution >= 4 is 17.3 Å². The molecule has 12 heavy (non-hydrogen) atoms. The molecule has 3 heteroatoms. The summed E-state index contributed by atoms with van der Waals surface area (Å²) in [5.41, 5.74) is 1.70. The SMILES string of the molecule is O=C1CC[N]c2ccccc2N1. The molecule has 1 aromatic carbocycles. The van der Waals surface area contributed by atoms with E-state index in [0.717, 1.165) is 11.4 Å². The van der Waals surface area contributed by atoms with Gasteiger partial charge in [0.15, 0.2) is 0 Å². The molecule has 1 radical (unpaired) electrons. The van der Waals surface area contributed by atoms with Gasteiger partial charge in [-0.25, -0.2) is 0 Å².